The number of aliphatic hydroxyl groups is 1. The Kier molecular flexibility index (Phi) is 2.29. The summed E-state index contributed by atoms with van der Waals surface area (Å²) < 4.78 is 5.29. The van der Waals surface area contributed by atoms with Gasteiger partial charge in [-0.05, 0) is 31.6 Å². The first-order valence-corrected chi connectivity index (χ1v) is 5.40. The van der Waals surface area contributed by atoms with Crippen molar-refractivity contribution in [2.75, 3.05) is 13.2 Å². The van der Waals surface area contributed by atoms with Gasteiger partial charge < -0.3 is 9.84 Å². The standard InChI is InChI=1S/C11H17NO2/c1-2-11(13,9-3-4-9)10(7-12)5-6-14-8-10/h9,13H,2-6,8H2,1H3. The third-order valence-corrected chi connectivity index (χ3v) is 3.86. The van der Waals surface area contributed by atoms with Crippen LogP contribution in [0.25, 0.3) is 0 Å². The largest absolute Gasteiger partial charge is 0.388 e. The van der Waals surface area contributed by atoms with E-state index in [1.807, 2.05) is 6.92 Å². The molecule has 78 valence electrons. The van der Waals surface area contributed by atoms with Crippen LogP contribution in [0.3, 0.4) is 0 Å². The van der Waals surface area contributed by atoms with Crippen LogP contribution < -0.4 is 0 Å². The molecule has 2 fully saturated rings. The number of nitriles is 1. The van der Waals surface area contributed by atoms with Crippen molar-refractivity contribution in [3.63, 3.8) is 0 Å². The van der Waals surface area contributed by atoms with E-state index in [0.717, 1.165) is 12.8 Å². The van der Waals surface area contributed by atoms with E-state index in [-0.39, 0.29) is 0 Å². The van der Waals surface area contributed by atoms with Crippen LogP contribution in [0.4, 0.5) is 0 Å². The fourth-order valence-electron chi connectivity index (χ4n) is 2.67. The molecule has 1 saturated heterocycles. The smallest absolute Gasteiger partial charge is 0.112 e. The van der Waals surface area contributed by atoms with Gasteiger partial charge in [-0.3, -0.25) is 0 Å². The molecule has 0 aromatic heterocycles. The van der Waals surface area contributed by atoms with Gasteiger partial charge in [0.2, 0.25) is 0 Å². The van der Waals surface area contributed by atoms with E-state index in [0.29, 0.717) is 32.0 Å². The van der Waals surface area contributed by atoms with Crippen LogP contribution >= 0.6 is 0 Å². The van der Waals surface area contributed by atoms with Gasteiger partial charge >= 0.3 is 0 Å². The second kappa shape index (κ2) is 3.22. The Morgan fingerprint density at radius 2 is 2.36 bits per heavy atom. The van der Waals surface area contributed by atoms with E-state index in [1.54, 1.807) is 0 Å². The molecule has 2 rings (SSSR count). The second-order valence-electron chi connectivity index (χ2n) is 4.55. The summed E-state index contributed by atoms with van der Waals surface area (Å²) in [5.41, 5.74) is -1.44. The van der Waals surface area contributed by atoms with Gasteiger partial charge in [0.15, 0.2) is 0 Å². The molecule has 0 radical (unpaired) electrons. The minimum atomic E-state index is -0.807. The van der Waals surface area contributed by atoms with Gasteiger partial charge in [0, 0.05) is 6.61 Å². The van der Waals surface area contributed by atoms with Crippen LogP contribution in [-0.4, -0.2) is 23.9 Å². The Morgan fingerprint density at radius 3 is 2.71 bits per heavy atom. The highest BCUT2D eigenvalue weighted by Crippen LogP contribution is 2.53. The average molecular weight is 195 g/mol. The molecule has 2 atom stereocenters. The van der Waals surface area contributed by atoms with E-state index in [2.05, 4.69) is 6.07 Å². The van der Waals surface area contributed by atoms with Crippen molar-refractivity contribution in [1.82, 2.24) is 0 Å². The molecule has 3 nitrogen and oxygen atoms in total. The Bertz CT molecular complexity index is 261. The normalized spacial score (nSPS) is 36.4. The summed E-state index contributed by atoms with van der Waals surface area (Å²) >= 11 is 0. The SMILES string of the molecule is CCC(O)(C1CC1)C1(C#N)CCOC1. The zero-order valence-electron chi connectivity index (χ0n) is 8.62. The lowest BCUT2D eigenvalue weighted by atomic mass is 9.68. The van der Waals surface area contributed by atoms with E-state index in [4.69, 9.17) is 4.74 Å². The van der Waals surface area contributed by atoms with Crippen molar-refractivity contribution < 1.29 is 9.84 Å². The summed E-state index contributed by atoms with van der Waals surface area (Å²) in [5, 5.41) is 19.9. The average Bonchev–Trinajstić information content (AvgIpc) is 2.96. The molecule has 0 bridgehead atoms. The Morgan fingerprint density at radius 1 is 1.64 bits per heavy atom. The Labute approximate surface area is 84.7 Å². The van der Waals surface area contributed by atoms with Gasteiger partial charge in [0.25, 0.3) is 0 Å². The Hall–Kier alpha value is -0.590. The zero-order valence-corrected chi connectivity index (χ0v) is 8.62. The maximum atomic E-state index is 10.6. The molecule has 14 heavy (non-hydrogen) atoms. The number of ether oxygens (including phenoxy) is 1. The van der Waals surface area contributed by atoms with Crippen molar-refractivity contribution >= 4 is 0 Å². The molecular formula is C11H17NO2. The van der Waals surface area contributed by atoms with Crippen LogP contribution in [0, 0.1) is 22.7 Å². The zero-order chi connectivity index (χ0) is 10.2. The topological polar surface area (TPSA) is 53.2 Å². The van der Waals surface area contributed by atoms with Crippen LogP contribution in [0.2, 0.25) is 0 Å². The summed E-state index contributed by atoms with van der Waals surface area (Å²) in [7, 11) is 0. The molecule has 0 spiro atoms. The molecule has 2 unspecified atom stereocenters. The molecule has 0 amide bonds. The van der Waals surface area contributed by atoms with E-state index < -0.39 is 11.0 Å². The molecular weight excluding hydrogens is 178 g/mol. The maximum Gasteiger partial charge on any atom is 0.112 e. The first kappa shape index (κ1) is 9.95. The van der Waals surface area contributed by atoms with Gasteiger partial charge in [0.05, 0.1) is 18.3 Å². The van der Waals surface area contributed by atoms with Gasteiger partial charge in [-0.2, -0.15) is 5.26 Å². The van der Waals surface area contributed by atoms with Crippen molar-refractivity contribution in [2.45, 2.75) is 38.2 Å². The van der Waals surface area contributed by atoms with Gasteiger partial charge in [0.1, 0.15) is 5.41 Å². The molecule has 0 aromatic carbocycles. The molecule has 1 aliphatic carbocycles. The number of hydrogen-bond acceptors (Lipinski definition) is 3. The number of nitrogens with zero attached hydrogens (tertiary/aromatic N) is 1. The fraction of sp³-hybridized carbons (Fsp3) is 0.909. The van der Waals surface area contributed by atoms with Crippen molar-refractivity contribution in [1.29, 1.82) is 5.26 Å². The molecule has 0 aromatic rings. The summed E-state index contributed by atoms with van der Waals surface area (Å²) in [6.45, 7) is 2.99. The van der Waals surface area contributed by atoms with Gasteiger partial charge in [-0.15, -0.1) is 0 Å². The predicted octanol–water partition coefficient (Wildman–Crippen LogP) is 1.47. The molecule has 3 heteroatoms. The number of rotatable bonds is 3. The lowest BCUT2D eigenvalue weighted by Crippen LogP contribution is -2.49. The maximum absolute atomic E-state index is 10.6. The fourth-order valence-corrected chi connectivity index (χ4v) is 2.67. The molecule has 2 aliphatic rings. The monoisotopic (exact) mass is 195 g/mol. The quantitative estimate of drug-likeness (QED) is 0.742. The molecule has 1 heterocycles. The Balaban J connectivity index is 2.28. The van der Waals surface area contributed by atoms with E-state index in [9.17, 15) is 10.4 Å². The molecule has 1 N–H and O–H groups in total. The third kappa shape index (κ3) is 1.18. The van der Waals surface area contributed by atoms with E-state index in [1.165, 1.54) is 0 Å². The first-order chi connectivity index (χ1) is 6.68. The van der Waals surface area contributed by atoms with Crippen molar-refractivity contribution in [2.24, 2.45) is 11.3 Å². The van der Waals surface area contributed by atoms with Crippen LogP contribution in [-0.2, 0) is 4.74 Å². The number of hydrogen-bond donors (Lipinski definition) is 1. The molecule has 1 saturated carbocycles. The van der Waals surface area contributed by atoms with Crippen molar-refractivity contribution in [3.05, 3.63) is 0 Å². The third-order valence-electron chi connectivity index (χ3n) is 3.86. The van der Waals surface area contributed by atoms with Crippen molar-refractivity contribution in [3.8, 4) is 6.07 Å². The van der Waals surface area contributed by atoms with Crippen LogP contribution in [0.15, 0.2) is 0 Å². The van der Waals surface area contributed by atoms with E-state index >= 15 is 0 Å². The minimum Gasteiger partial charge on any atom is -0.388 e. The lowest BCUT2D eigenvalue weighted by molar-refractivity contribution is -0.0791. The summed E-state index contributed by atoms with van der Waals surface area (Å²) in [4.78, 5) is 0. The summed E-state index contributed by atoms with van der Waals surface area (Å²) in [6.07, 6.45) is 3.47. The first-order valence-electron chi connectivity index (χ1n) is 5.40. The molecule has 1 aliphatic heterocycles. The highest BCUT2D eigenvalue weighted by atomic mass is 16.5. The van der Waals surface area contributed by atoms with Gasteiger partial charge in [-0.25, -0.2) is 0 Å². The minimum absolute atomic E-state index is 0.328. The second-order valence-corrected chi connectivity index (χ2v) is 4.55. The predicted molar refractivity (Wildman–Crippen MR) is 51.4 cm³/mol. The van der Waals surface area contributed by atoms with Crippen LogP contribution in [0.1, 0.15) is 32.6 Å². The highest BCUT2D eigenvalue weighted by Gasteiger charge is 2.59. The summed E-state index contributed by atoms with van der Waals surface area (Å²) in [6, 6.07) is 2.32. The highest BCUT2D eigenvalue weighted by molar-refractivity contribution is 5.17. The van der Waals surface area contributed by atoms with Crippen LogP contribution in [0.5, 0.6) is 0 Å². The summed E-state index contributed by atoms with van der Waals surface area (Å²) in [5.74, 6) is 0.328. The lowest BCUT2D eigenvalue weighted by Gasteiger charge is -2.39. The van der Waals surface area contributed by atoms with Gasteiger partial charge in [-0.1, -0.05) is 6.92 Å².